The number of halogens is 1. The topological polar surface area (TPSA) is 83.5 Å². The number of rotatable bonds is 6. The van der Waals surface area contributed by atoms with Gasteiger partial charge < -0.3 is 10.4 Å². The third kappa shape index (κ3) is 5.40. The monoisotopic (exact) mass is 323 g/mol. The van der Waals surface area contributed by atoms with E-state index >= 15 is 0 Å². The molecule has 1 aromatic carbocycles. The first kappa shape index (κ1) is 16.3. The van der Waals surface area contributed by atoms with E-state index in [0.717, 1.165) is 0 Å². The molecule has 0 aliphatic heterocycles. The molecule has 1 unspecified atom stereocenters. The third-order valence-corrected chi connectivity index (χ3v) is 6.01. The number of hydrogen-bond donors (Lipinski definition) is 2. The number of aliphatic hydroxyl groups is 1. The lowest BCUT2D eigenvalue weighted by molar-refractivity contribution is -0.114. The van der Waals surface area contributed by atoms with E-state index in [4.69, 9.17) is 11.6 Å². The quantitative estimate of drug-likeness (QED) is 0.614. The Bertz CT molecular complexity index is 530. The van der Waals surface area contributed by atoms with E-state index in [1.54, 1.807) is 0 Å². The summed E-state index contributed by atoms with van der Waals surface area (Å²) < 4.78 is 23.8. The molecule has 0 saturated carbocycles. The van der Waals surface area contributed by atoms with Crippen LogP contribution < -0.4 is 5.32 Å². The van der Waals surface area contributed by atoms with Crippen molar-refractivity contribution in [1.29, 1.82) is 0 Å². The minimum absolute atomic E-state index is 0.00993. The molecule has 2 N–H and O–H groups in total. The molecule has 0 aromatic heterocycles. The smallest absolute Gasteiger partial charge is 0.230 e. The second kappa shape index (κ2) is 7.14. The van der Waals surface area contributed by atoms with Gasteiger partial charge in [0.2, 0.25) is 14.8 Å². The number of carbonyl (C=O) groups is 1. The highest BCUT2D eigenvalue weighted by atomic mass is 35.5. The summed E-state index contributed by atoms with van der Waals surface area (Å²) in [6, 6.07) is 5.82. The average Bonchev–Trinajstić information content (AvgIpc) is 2.36. The maximum absolute atomic E-state index is 11.9. The van der Waals surface area contributed by atoms with Crippen LogP contribution in [-0.4, -0.2) is 37.2 Å². The fourth-order valence-electron chi connectivity index (χ4n) is 1.19. The standard InChI is InChI=1S/C11H14ClNO4S2/c1-8(14)13-9-2-4-11(5-3-9)19(16,17)18-7-10(15)6-12/h2-5,10,15H,6-7H2,1H3,(H,13,14). The van der Waals surface area contributed by atoms with Gasteiger partial charge in [-0.25, -0.2) is 8.42 Å². The van der Waals surface area contributed by atoms with E-state index in [9.17, 15) is 18.3 Å². The van der Waals surface area contributed by atoms with Crippen molar-refractivity contribution in [2.75, 3.05) is 16.9 Å². The van der Waals surface area contributed by atoms with Gasteiger partial charge in [0.15, 0.2) is 0 Å². The van der Waals surface area contributed by atoms with Gasteiger partial charge in [-0.2, -0.15) is 0 Å². The van der Waals surface area contributed by atoms with Gasteiger partial charge in [-0.15, -0.1) is 11.6 Å². The molecule has 0 heterocycles. The maximum Gasteiger partial charge on any atom is 0.230 e. The summed E-state index contributed by atoms with van der Waals surface area (Å²) in [5.41, 5.74) is 0.525. The first-order valence-corrected chi connectivity index (χ1v) is 8.88. The SMILES string of the molecule is CC(=O)Nc1ccc(S(=O)(=O)SCC(O)CCl)cc1. The molecule has 1 amide bonds. The van der Waals surface area contributed by atoms with Crippen molar-refractivity contribution in [3.63, 3.8) is 0 Å². The molecule has 0 aliphatic rings. The number of anilines is 1. The lowest BCUT2D eigenvalue weighted by atomic mass is 10.3. The summed E-state index contributed by atoms with van der Waals surface area (Å²) >= 11 is 5.40. The molecule has 0 aliphatic carbocycles. The summed E-state index contributed by atoms with van der Waals surface area (Å²) in [6.07, 6.45) is -0.861. The molecule has 0 bridgehead atoms. The van der Waals surface area contributed by atoms with Crippen LogP contribution in [0.3, 0.4) is 0 Å². The Balaban J connectivity index is 2.76. The van der Waals surface area contributed by atoms with Crippen LogP contribution in [0.4, 0.5) is 5.69 Å². The molecule has 106 valence electrons. The zero-order chi connectivity index (χ0) is 14.5. The highest BCUT2D eigenvalue weighted by Gasteiger charge is 2.17. The van der Waals surface area contributed by atoms with Gasteiger partial charge in [0, 0.05) is 24.2 Å². The number of aliphatic hydroxyl groups excluding tert-OH is 1. The third-order valence-electron chi connectivity index (χ3n) is 2.06. The molecule has 1 rings (SSSR count). The van der Waals surface area contributed by atoms with Crippen molar-refractivity contribution in [2.24, 2.45) is 0 Å². The second-order valence-corrected chi connectivity index (χ2v) is 8.03. The minimum atomic E-state index is -3.53. The Morgan fingerprint density at radius 3 is 2.47 bits per heavy atom. The van der Waals surface area contributed by atoms with E-state index < -0.39 is 15.0 Å². The van der Waals surface area contributed by atoms with Gasteiger partial charge in [-0.3, -0.25) is 4.79 Å². The number of nitrogens with one attached hydrogen (secondary N) is 1. The van der Waals surface area contributed by atoms with E-state index in [1.165, 1.54) is 31.2 Å². The van der Waals surface area contributed by atoms with E-state index in [2.05, 4.69) is 5.32 Å². The fourth-order valence-corrected chi connectivity index (χ4v) is 4.24. The van der Waals surface area contributed by atoms with Gasteiger partial charge in [-0.1, -0.05) is 0 Å². The Kier molecular flexibility index (Phi) is 6.12. The number of amides is 1. The Hall–Kier alpha value is -0.760. The first-order valence-electron chi connectivity index (χ1n) is 5.36. The minimum Gasteiger partial charge on any atom is -0.391 e. The van der Waals surface area contributed by atoms with Crippen molar-refractivity contribution in [1.82, 2.24) is 0 Å². The number of carbonyl (C=O) groups excluding carboxylic acids is 1. The van der Waals surface area contributed by atoms with E-state index in [0.29, 0.717) is 16.5 Å². The molecule has 8 heteroatoms. The predicted molar refractivity (Wildman–Crippen MR) is 77.1 cm³/mol. The highest BCUT2D eigenvalue weighted by Crippen LogP contribution is 2.25. The first-order chi connectivity index (χ1) is 8.85. The lowest BCUT2D eigenvalue weighted by Gasteiger charge is -2.08. The molecule has 1 aromatic rings. The molecule has 5 nitrogen and oxygen atoms in total. The van der Waals surface area contributed by atoms with Crippen molar-refractivity contribution < 1.29 is 18.3 Å². The van der Waals surface area contributed by atoms with Crippen LogP contribution in [0.2, 0.25) is 0 Å². The zero-order valence-electron chi connectivity index (χ0n) is 10.2. The highest BCUT2D eigenvalue weighted by molar-refractivity contribution is 8.72. The van der Waals surface area contributed by atoms with Crippen molar-refractivity contribution in [3.8, 4) is 0 Å². The van der Waals surface area contributed by atoms with Crippen LogP contribution in [0, 0.1) is 0 Å². The van der Waals surface area contributed by atoms with Crippen molar-refractivity contribution in [3.05, 3.63) is 24.3 Å². The van der Waals surface area contributed by atoms with Gasteiger partial charge >= 0.3 is 0 Å². The summed E-state index contributed by atoms with van der Waals surface area (Å²) in [5.74, 6) is -0.223. The Labute approximate surface area is 120 Å². The summed E-state index contributed by atoms with van der Waals surface area (Å²) in [7, 11) is -2.89. The summed E-state index contributed by atoms with van der Waals surface area (Å²) in [4.78, 5) is 11.0. The van der Waals surface area contributed by atoms with Gasteiger partial charge in [0.05, 0.1) is 11.0 Å². The number of benzene rings is 1. The van der Waals surface area contributed by atoms with Crippen LogP contribution in [-0.2, 0) is 13.7 Å². The number of hydrogen-bond acceptors (Lipinski definition) is 5. The summed E-state index contributed by atoms with van der Waals surface area (Å²) in [6.45, 7) is 1.37. The van der Waals surface area contributed by atoms with Crippen LogP contribution in [0.15, 0.2) is 29.2 Å². The van der Waals surface area contributed by atoms with Crippen molar-refractivity contribution >= 4 is 42.9 Å². The maximum atomic E-state index is 11.9. The molecular weight excluding hydrogens is 310 g/mol. The molecule has 19 heavy (non-hydrogen) atoms. The van der Waals surface area contributed by atoms with Crippen LogP contribution in [0.5, 0.6) is 0 Å². The molecule has 0 fully saturated rings. The zero-order valence-corrected chi connectivity index (χ0v) is 12.6. The normalized spacial score (nSPS) is 13.0. The second-order valence-electron chi connectivity index (χ2n) is 3.75. The fraction of sp³-hybridized carbons (Fsp3) is 0.364. The van der Waals surface area contributed by atoms with E-state index in [-0.39, 0.29) is 22.4 Å². The largest absolute Gasteiger partial charge is 0.391 e. The Morgan fingerprint density at radius 1 is 1.42 bits per heavy atom. The summed E-state index contributed by atoms with van der Waals surface area (Å²) in [5, 5.41) is 11.8. The number of alkyl halides is 1. The van der Waals surface area contributed by atoms with Crippen molar-refractivity contribution in [2.45, 2.75) is 17.9 Å². The van der Waals surface area contributed by atoms with Crippen LogP contribution in [0.25, 0.3) is 0 Å². The van der Waals surface area contributed by atoms with Crippen LogP contribution >= 0.6 is 22.4 Å². The van der Waals surface area contributed by atoms with E-state index in [1.807, 2.05) is 0 Å². The molecular formula is C11H14ClNO4S2. The van der Waals surface area contributed by atoms with Crippen LogP contribution in [0.1, 0.15) is 6.92 Å². The Morgan fingerprint density at radius 2 is 2.00 bits per heavy atom. The molecule has 0 radical (unpaired) electrons. The van der Waals surface area contributed by atoms with Gasteiger partial charge in [0.25, 0.3) is 0 Å². The average molecular weight is 324 g/mol. The van der Waals surface area contributed by atoms with Gasteiger partial charge in [-0.05, 0) is 35.1 Å². The predicted octanol–water partition coefficient (Wildman–Crippen LogP) is 1.67. The van der Waals surface area contributed by atoms with Gasteiger partial charge in [0.1, 0.15) is 0 Å². The molecule has 1 atom stereocenters. The lowest BCUT2D eigenvalue weighted by Crippen LogP contribution is -2.13. The molecule has 0 saturated heterocycles. The molecule has 0 spiro atoms.